The Morgan fingerprint density at radius 1 is 0.818 bits per heavy atom. The monoisotopic (exact) mass is 310 g/mol. The molecule has 0 rings (SSSR count). The minimum absolute atomic E-state index is 0.108. The molecule has 122 valence electrons. The molecule has 6 heteroatoms. The van der Waals surface area contributed by atoms with Gasteiger partial charge in [-0.25, -0.2) is 14.4 Å². The lowest BCUT2D eigenvalue weighted by Gasteiger charge is -2.24. The summed E-state index contributed by atoms with van der Waals surface area (Å²) in [5, 5.41) is 0. The number of ether oxygens (including phenoxy) is 3. The predicted molar refractivity (Wildman–Crippen MR) is 80.5 cm³/mol. The van der Waals surface area contributed by atoms with Crippen molar-refractivity contribution in [2.45, 2.75) is 34.0 Å². The van der Waals surface area contributed by atoms with Gasteiger partial charge in [-0.15, -0.1) is 0 Å². The second kappa shape index (κ2) is 8.81. The van der Waals surface area contributed by atoms with E-state index in [1.807, 2.05) is 0 Å². The van der Waals surface area contributed by atoms with Crippen LogP contribution in [0.4, 0.5) is 0 Å². The van der Waals surface area contributed by atoms with Gasteiger partial charge in [-0.3, -0.25) is 0 Å². The molecule has 1 unspecified atom stereocenters. The fraction of sp³-hybridized carbons (Fsp3) is 0.438. The van der Waals surface area contributed by atoms with Crippen molar-refractivity contribution in [2.75, 3.05) is 6.61 Å². The zero-order valence-electron chi connectivity index (χ0n) is 13.4. The fourth-order valence-electron chi connectivity index (χ4n) is 1.08. The van der Waals surface area contributed by atoms with E-state index in [-0.39, 0.29) is 23.3 Å². The van der Waals surface area contributed by atoms with E-state index in [1.54, 1.807) is 6.92 Å². The van der Waals surface area contributed by atoms with Crippen molar-refractivity contribution in [3.05, 3.63) is 36.5 Å². The number of carbonyl (C=O) groups excluding carboxylic acids is 3. The Balaban J connectivity index is 4.88. The Labute approximate surface area is 130 Å². The van der Waals surface area contributed by atoms with Crippen LogP contribution in [0.2, 0.25) is 0 Å². The molecule has 1 atom stereocenters. The Kier molecular flexibility index (Phi) is 7.87. The summed E-state index contributed by atoms with van der Waals surface area (Å²) in [5.74, 6) is -2.58. The van der Waals surface area contributed by atoms with Crippen molar-refractivity contribution in [3.8, 4) is 0 Å². The van der Waals surface area contributed by atoms with Crippen LogP contribution in [0.25, 0.3) is 0 Å². The lowest BCUT2D eigenvalue weighted by Crippen LogP contribution is -2.34. The lowest BCUT2D eigenvalue weighted by molar-refractivity contribution is -0.194. The summed E-state index contributed by atoms with van der Waals surface area (Å²) in [6.45, 7) is 16.3. The van der Waals surface area contributed by atoms with Gasteiger partial charge in [0, 0.05) is 16.7 Å². The first-order chi connectivity index (χ1) is 10.1. The van der Waals surface area contributed by atoms with Crippen molar-refractivity contribution in [1.29, 1.82) is 0 Å². The maximum atomic E-state index is 11.6. The third-order valence-corrected chi connectivity index (χ3v) is 2.43. The van der Waals surface area contributed by atoms with E-state index < -0.39 is 30.1 Å². The fourth-order valence-corrected chi connectivity index (χ4v) is 1.08. The Morgan fingerprint density at radius 3 is 1.50 bits per heavy atom. The summed E-state index contributed by atoms with van der Waals surface area (Å²) in [5.41, 5.74) is 0.548. The summed E-state index contributed by atoms with van der Waals surface area (Å²) >= 11 is 0. The molecule has 0 aromatic carbocycles. The zero-order valence-corrected chi connectivity index (χ0v) is 13.4. The average molecular weight is 310 g/mol. The molecule has 0 heterocycles. The van der Waals surface area contributed by atoms with Crippen LogP contribution in [0.15, 0.2) is 36.5 Å². The molecule has 0 amide bonds. The van der Waals surface area contributed by atoms with Crippen LogP contribution in [-0.2, 0) is 28.6 Å². The SMILES string of the molecule is C=C(C)C(=O)OCC(C)C(OC(=O)C(=C)C)OC(=O)C(=C)C. The molecule has 0 saturated carbocycles. The summed E-state index contributed by atoms with van der Waals surface area (Å²) < 4.78 is 15.1. The highest BCUT2D eigenvalue weighted by Crippen LogP contribution is 2.14. The van der Waals surface area contributed by atoms with Crippen LogP contribution in [0.3, 0.4) is 0 Å². The van der Waals surface area contributed by atoms with Crippen LogP contribution >= 0.6 is 0 Å². The second-order valence-corrected chi connectivity index (χ2v) is 5.10. The third-order valence-electron chi connectivity index (χ3n) is 2.43. The molecule has 0 saturated heterocycles. The van der Waals surface area contributed by atoms with Gasteiger partial charge in [-0.1, -0.05) is 26.7 Å². The molecule has 0 aromatic heterocycles. The molecule has 0 aliphatic carbocycles. The molecular weight excluding hydrogens is 288 g/mol. The van der Waals surface area contributed by atoms with E-state index in [0.29, 0.717) is 0 Å². The van der Waals surface area contributed by atoms with Crippen molar-refractivity contribution < 1.29 is 28.6 Å². The number of hydrogen-bond acceptors (Lipinski definition) is 6. The van der Waals surface area contributed by atoms with E-state index in [2.05, 4.69) is 19.7 Å². The van der Waals surface area contributed by atoms with Crippen LogP contribution < -0.4 is 0 Å². The van der Waals surface area contributed by atoms with Crippen LogP contribution in [0.5, 0.6) is 0 Å². The first-order valence-electron chi connectivity index (χ1n) is 6.61. The molecule has 0 aliphatic heterocycles. The Hall–Kier alpha value is -2.37. The topological polar surface area (TPSA) is 78.9 Å². The molecular formula is C16H22O6. The van der Waals surface area contributed by atoms with Gasteiger partial charge in [0.15, 0.2) is 0 Å². The third kappa shape index (κ3) is 6.88. The summed E-state index contributed by atoms with van der Waals surface area (Å²) in [6, 6.07) is 0. The predicted octanol–water partition coefficient (Wildman–Crippen LogP) is 2.31. The minimum Gasteiger partial charge on any atom is -0.462 e. The molecule has 0 spiro atoms. The van der Waals surface area contributed by atoms with Gasteiger partial charge in [0.05, 0.1) is 5.92 Å². The Bertz CT molecular complexity index is 475. The van der Waals surface area contributed by atoms with Crippen molar-refractivity contribution in [1.82, 2.24) is 0 Å². The molecule has 6 nitrogen and oxygen atoms in total. The van der Waals surface area contributed by atoms with Crippen LogP contribution in [-0.4, -0.2) is 30.8 Å². The molecule has 22 heavy (non-hydrogen) atoms. The number of esters is 3. The van der Waals surface area contributed by atoms with E-state index >= 15 is 0 Å². The van der Waals surface area contributed by atoms with E-state index in [0.717, 1.165) is 0 Å². The quantitative estimate of drug-likeness (QED) is 0.389. The summed E-state index contributed by atoms with van der Waals surface area (Å²) in [4.78, 5) is 34.6. The first kappa shape index (κ1) is 19.6. The van der Waals surface area contributed by atoms with Gasteiger partial charge in [-0.05, 0) is 20.8 Å². The first-order valence-corrected chi connectivity index (χ1v) is 6.61. The smallest absolute Gasteiger partial charge is 0.336 e. The van der Waals surface area contributed by atoms with Gasteiger partial charge in [0.2, 0.25) is 0 Å². The normalized spacial score (nSPS) is 11.3. The number of hydrogen-bond donors (Lipinski definition) is 0. The minimum atomic E-state index is -1.22. The summed E-state index contributed by atoms with van der Waals surface area (Å²) in [6.07, 6.45) is -1.22. The van der Waals surface area contributed by atoms with Gasteiger partial charge >= 0.3 is 17.9 Å². The largest absolute Gasteiger partial charge is 0.462 e. The zero-order chi connectivity index (χ0) is 17.4. The highest BCUT2D eigenvalue weighted by Gasteiger charge is 2.27. The van der Waals surface area contributed by atoms with Crippen molar-refractivity contribution in [2.24, 2.45) is 5.92 Å². The number of carbonyl (C=O) groups is 3. The van der Waals surface area contributed by atoms with E-state index in [1.165, 1.54) is 20.8 Å². The second-order valence-electron chi connectivity index (χ2n) is 5.10. The molecule has 0 N–H and O–H groups in total. The molecule has 0 fully saturated rings. The molecule has 0 radical (unpaired) electrons. The Morgan fingerprint density at radius 2 is 1.18 bits per heavy atom. The maximum Gasteiger partial charge on any atom is 0.336 e. The summed E-state index contributed by atoms with van der Waals surface area (Å²) in [7, 11) is 0. The van der Waals surface area contributed by atoms with Gasteiger partial charge < -0.3 is 14.2 Å². The van der Waals surface area contributed by atoms with Crippen LogP contribution in [0, 0.1) is 5.92 Å². The van der Waals surface area contributed by atoms with Gasteiger partial charge in [0.1, 0.15) is 6.61 Å². The molecule has 0 aliphatic rings. The lowest BCUT2D eigenvalue weighted by atomic mass is 10.2. The van der Waals surface area contributed by atoms with Crippen molar-refractivity contribution in [3.63, 3.8) is 0 Å². The van der Waals surface area contributed by atoms with E-state index in [9.17, 15) is 14.4 Å². The molecule has 0 bridgehead atoms. The maximum absolute atomic E-state index is 11.6. The average Bonchev–Trinajstić information content (AvgIpc) is 2.42. The van der Waals surface area contributed by atoms with Gasteiger partial charge in [-0.2, -0.15) is 0 Å². The standard InChI is InChI=1S/C16H22O6/c1-9(2)13(17)20-8-12(7)16(21-14(18)10(3)4)22-15(19)11(5)6/h12,16H,1,3,5,8H2,2,4,6-7H3. The highest BCUT2D eigenvalue weighted by atomic mass is 16.7. The number of rotatable bonds is 8. The van der Waals surface area contributed by atoms with Crippen LogP contribution in [0.1, 0.15) is 27.7 Å². The van der Waals surface area contributed by atoms with Crippen molar-refractivity contribution >= 4 is 17.9 Å². The molecule has 0 aromatic rings. The highest BCUT2D eigenvalue weighted by molar-refractivity contribution is 5.88. The van der Waals surface area contributed by atoms with Gasteiger partial charge in [0.25, 0.3) is 6.29 Å². The van der Waals surface area contributed by atoms with E-state index in [4.69, 9.17) is 14.2 Å².